The van der Waals surface area contributed by atoms with Crippen molar-refractivity contribution >= 4 is 12.2 Å². The molecule has 0 fully saturated rings. The normalized spacial score (nSPS) is 11.5. The Bertz CT molecular complexity index is 1100. The van der Waals surface area contributed by atoms with Crippen molar-refractivity contribution in [3.8, 4) is 0 Å². The lowest BCUT2D eigenvalue weighted by atomic mass is 10.1. The highest BCUT2D eigenvalue weighted by Gasteiger charge is 2.05. The Balaban J connectivity index is 1.35. The number of aromatic nitrogens is 4. The molecule has 0 amide bonds. The van der Waals surface area contributed by atoms with Crippen molar-refractivity contribution in [2.75, 3.05) is 14.1 Å². The molecule has 4 heterocycles. The molecule has 6 heteroatoms. The van der Waals surface area contributed by atoms with Crippen LogP contribution < -0.4 is 0 Å². The molecule has 4 rings (SSSR count). The first-order valence-electron chi connectivity index (χ1n) is 11.4. The monoisotopic (exact) mass is 450 g/mol. The van der Waals surface area contributed by atoms with Gasteiger partial charge in [0.25, 0.3) is 0 Å². The summed E-state index contributed by atoms with van der Waals surface area (Å²) in [4.78, 5) is 22.3. The van der Waals surface area contributed by atoms with Gasteiger partial charge in [-0.15, -0.1) is 0 Å². The fraction of sp³-hybridized carbons (Fsp3) is 0.214. The molecule has 0 saturated carbocycles. The molecule has 0 unspecified atom stereocenters. The van der Waals surface area contributed by atoms with E-state index in [1.54, 1.807) is 0 Å². The quantitative estimate of drug-likeness (QED) is 0.349. The summed E-state index contributed by atoms with van der Waals surface area (Å²) < 4.78 is 0. The van der Waals surface area contributed by atoms with Gasteiger partial charge in [-0.25, -0.2) is 0 Å². The van der Waals surface area contributed by atoms with Gasteiger partial charge in [0.2, 0.25) is 0 Å². The molecule has 0 N–H and O–H groups in total. The fourth-order valence-electron chi connectivity index (χ4n) is 3.77. The van der Waals surface area contributed by atoms with E-state index in [9.17, 15) is 0 Å². The molecular formula is C28H30N6. The number of hydrogen-bond donors (Lipinski definition) is 0. The Hall–Kier alpha value is -3.74. The second-order valence-electron chi connectivity index (χ2n) is 8.48. The number of rotatable bonds is 10. The maximum atomic E-state index is 4.54. The second kappa shape index (κ2) is 11.9. The molecule has 0 bridgehead atoms. The van der Waals surface area contributed by atoms with Gasteiger partial charge in [-0.2, -0.15) is 0 Å². The second-order valence-corrected chi connectivity index (χ2v) is 8.48. The van der Waals surface area contributed by atoms with E-state index < -0.39 is 0 Å². The van der Waals surface area contributed by atoms with E-state index in [-0.39, 0.29) is 0 Å². The van der Waals surface area contributed by atoms with E-state index in [4.69, 9.17) is 0 Å². The molecule has 0 aromatic carbocycles. The maximum absolute atomic E-state index is 4.54. The molecule has 4 aromatic rings. The molecule has 0 spiro atoms. The van der Waals surface area contributed by atoms with E-state index in [1.165, 1.54) is 0 Å². The summed E-state index contributed by atoms with van der Waals surface area (Å²) in [5, 5.41) is 0. The molecule has 34 heavy (non-hydrogen) atoms. The molecule has 0 aliphatic carbocycles. The van der Waals surface area contributed by atoms with Crippen LogP contribution in [0.15, 0.2) is 85.5 Å². The lowest BCUT2D eigenvalue weighted by molar-refractivity contribution is 0.311. The van der Waals surface area contributed by atoms with Crippen molar-refractivity contribution in [2.24, 2.45) is 0 Å². The number of nitrogens with zero attached hydrogens (tertiary/aromatic N) is 6. The third kappa shape index (κ3) is 7.40. The van der Waals surface area contributed by atoms with Crippen LogP contribution in [0.25, 0.3) is 12.2 Å². The summed E-state index contributed by atoms with van der Waals surface area (Å²) in [5.74, 6) is 0. The first-order chi connectivity index (χ1) is 16.6. The van der Waals surface area contributed by atoms with Gasteiger partial charge in [-0.05, 0) is 73.8 Å². The largest absolute Gasteiger partial charge is 0.295 e. The van der Waals surface area contributed by atoms with Crippen LogP contribution in [-0.2, 0) is 26.2 Å². The highest BCUT2D eigenvalue weighted by molar-refractivity contribution is 5.69. The van der Waals surface area contributed by atoms with Crippen molar-refractivity contribution in [3.63, 3.8) is 0 Å². The Morgan fingerprint density at radius 3 is 1.35 bits per heavy atom. The summed E-state index contributed by atoms with van der Waals surface area (Å²) in [6, 6.07) is 20.3. The molecule has 0 atom stereocenters. The molecule has 6 nitrogen and oxygen atoms in total. The van der Waals surface area contributed by atoms with Crippen LogP contribution in [0.5, 0.6) is 0 Å². The van der Waals surface area contributed by atoms with Gasteiger partial charge in [0.15, 0.2) is 0 Å². The van der Waals surface area contributed by atoms with Crippen molar-refractivity contribution in [1.82, 2.24) is 29.7 Å². The Morgan fingerprint density at radius 2 is 0.941 bits per heavy atom. The first kappa shape index (κ1) is 23.4. The summed E-state index contributed by atoms with van der Waals surface area (Å²) >= 11 is 0. The summed E-state index contributed by atoms with van der Waals surface area (Å²) in [6.07, 6.45) is 11.6. The topological polar surface area (TPSA) is 58.0 Å². The molecule has 0 aliphatic heterocycles. The van der Waals surface area contributed by atoms with Crippen molar-refractivity contribution in [1.29, 1.82) is 0 Å². The van der Waals surface area contributed by atoms with E-state index in [1.807, 2.05) is 73.3 Å². The lowest BCUT2D eigenvalue weighted by Gasteiger charge is -2.16. The lowest BCUT2D eigenvalue weighted by Crippen LogP contribution is -2.18. The van der Waals surface area contributed by atoms with Gasteiger partial charge in [0, 0.05) is 51.0 Å². The summed E-state index contributed by atoms with van der Waals surface area (Å²) in [6.45, 7) is 3.11. The zero-order valence-electron chi connectivity index (χ0n) is 19.7. The third-order valence-corrected chi connectivity index (χ3v) is 5.33. The van der Waals surface area contributed by atoms with Crippen LogP contribution in [0.2, 0.25) is 0 Å². The molecule has 0 aliphatic rings. The Kier molecular flexibility index (Phi) is 8.22. The van der Waals surface area contributed by atoms with E-state index >= 15 is 0 Å². The van der Waals surface area contributed by atoms with Crippen LogP contribution in [0.4, 0.5) is 0 Å². The SMILES string of the molecule is CN(Cc1ccccn1)Cc1cc(/C=C/c2ccnc(CN(C)Cc3ccccn3)c2)ccn1. The predicted molar refractivity (Wildman–Crippen MR) is 136 cm³/mol. The van der Waals surface area contributed by atoms with E-state index in [2.05, 4.69) is 68.1 Å². The molecule has 4 aromatic heterocycles. The molecule has 0 saturated heterocycles. The summed E-state index contributed by atoms with van der Waals surface area (Å²) in [7, 11) is 4.17. The Morgan fingerprint density at radius 1 is 0.529 bits per heavy atom. The van der Waals surface area contributed by atoms with Crippen molar-refractivity contribution < 1.29 is 0 Å². The third-order valence-electron chi connectivity index (χ3n) is 5.33. The van der Waals surface area contributed by atoms with Crippen LogP contribution in [0.3, 0.4) is 0 Å². The zero-order chi connectivity index (χ0) is 23.6. The average molecular weight is 451 g/mol. The fourth-order valence-corrected chi connectivity index (χ4v) is 3.77. The minimum atomic E-state index is 0.764. The summed E-state index contributed by atoms with van der Waals surface area (Å²) in [5.41, 5.74) is 6.43. The Labute approximate surface area is 201 Å². The zero-order valence-corrected chi connectivity index (χ0v) is 19.7. The van der Waals surface area contributed by atoms with Crippen LogP contribution in [-0.4, -0.2) is 43.8 Å². The van der Waals surface area contributed by atoms with Gasteiger partial charge in [0.05, 0.1) is 22.8 Å². The van der Waals surface area contributed by atoms with Crippen LogP contribution in [0, 0.1) is 0 Å². The minimum Gasteiger partial charge on any atom is -0.295 e. The maximum Gasteiger partial charge on any atom is 0.0549 e. The molecule has 0 radical (unpaired) electrons. The van der Waals surface area contributed by atoms with Crippen LogP contribution in [0.1, 0.15) is 33.9 Å². The van der Waals surface area contributed by atoms with Crippen molar-refractivity contribution in [2.45, 2.75) is 26.2 Å². The average Bonchev–Trinajstić information content (AvgIpc) is 2.84. The van der Waals surface area contributed by atoms with E-state index in [0.717, 1.165) is 60.1 Å². The van der Waals surface area contributed by atoms with Gasteiger partial charge < -0.3 is 0 Å². The van der Waals surface area contributed by atoms with Crippen LogP contribution >= 0.6 is 0 Å². The predicted octanol–water partition coefficient (Wildman–Crippen LogP) is 4.70. The molecule has 172 valence electrons. The van der Waals surface area contributed by atoms with E-state index in [0.29, 0.717) is 0 Å². The van der Waals surface area contributed by atoms with Crippen molar-refractivity contribution in [3.05, 3.63) is 119 Å². The van der Waals surface area contributed by atoms with Gasteiger partial charge in [-0.1, -0.05) is 24.3 Å². The van der Waals surface area contributed by atoms with Gasteiger partial charge in [0.1, 0.15) is 0 Å². The molecular weight excluding hydrogens is 420 g/mol. The highest BCUT2D eigenvalue weighted by atomic mass is 15.1. The van der Waals surface area contributed by atoms with Gasteiger partial charge >= 0.3 is 0 Å². The standard InChI is InChI=1S/C28H30N6/c1-33(19-25-7-3-5-13-29-25)21-27-17-23(11-15-31-27)9-10-24-12-16-32-28(18-24)22-34(2)20-26-8-4-6-14-30-26/h3-18H,19-22H2,1-2H3/b10-9+. The van der Waals surface area contributed by atoms with Gasteiger partial charge in [-0.3, -0.25) is 29.7 Å². The highest BCUT2D eigenvalue weighted by Crippen LogP contribution is 2.13. The smallest absolute Gasteiger partial charge is 0.0549 e. The number of pyridine rings is 4. The minimum absolute atomic E-state index is 0.764. The number of hydrogen-bond acceptors (Lipinski definition) is 6. The first-order valence-corrected chi connectivity index (χ1v) is 11.4.